The lowest BCUT2D eigenvalue weighted by atomic mass is 9.74. The monoisotopic (exact) mass is 650 g/mol. The second kappa shape index (κ2) is 10.2. The summed E-state index contributed by atoms with van der Waals surface area (Å²) in [5.74, 6) is -21.9. The summed E-state index contributed by atoms with van der Waals surface area (Å²) in [6.07, 6.45) is -9.88. The van der Waals surface area contributed by atoms with Gasteiger partial charge < -0.3 is 74.7 Å². The number of aliphatic hydroxyl groups excluding tert-OH is 2. The molecule has 1 saturated heterocycles. The molecule has 0 aromatic heterocycles. The molecule has 1 aliphatic carbocycles. The minimum absolute atomic E-state index is 0.339. The van der Waals surface area contributed by atoms with Crippen LogP contribution < -0.4 is 4.74 Å². The molecular weight excluding hydrogens is 628 g/mol. The molecule has 7 atom stereocenters. The van der Waals surface area contributed by atoms with Crippen molar-refractivity contribution in [2.45, 2.75) is 48.2 Å². The van der Waals surface area contributed by atoms with E-state index in [2.05, 4.69) is 0 Å². The van der Waals surface area contributed by atoms with E-state index in [1.54, 1.807) is 0 Å². The molecule has 2 bridgehead atoms. The van der Waals surface area contributed by atoms with Crippen LogP contribution in [0.3, 0.4) is 0 Å². The van der Waals surface area contributed by atoms with Crippen LogP contribution in [0.5, 0.6) is 34.5 Å². The number of esters is 3. The van der Waals surface area contributed by atoms with E-state index in [9.17, 15) is 70.2 Å². The largest absolute Gasteiger partial charge is 0.504 e. The summed E-state index contributed by atoms with van der Waals surface area (Å²) in [6, 6.07) is 1.92. The van der Waals surface area contributed by atoms with Gasteiger partial charge in [0, 0.05) is 5.56 Å². The summed E-state index contributed by atoms with van der Waals surface area (Å²) in [7, 11) is 0. The Morgan fingerprint density at radius 1 is 0.870 bits per heavy atom. The van der Waals surface area contributed by atoms with Crippen molar-refractivity contribution >= 4 is 23.7 Å². The fourth-order valence-corrected chi connectivity index (χ4v) is 5.62. The van der Waals surface area contributed by atoms with Gasteiger partial charge in [-0.1, -0.05) is 0 Å². The summed E-state index contributed by atoms with van der Waals surface area (Å²) in [6.45, 7) is -1.05. The topological polar surface area (TPSA) is 317 Å². The van der Waals surface area contributed by atoms with Gasteiger partial charge >= 0.3 is 17.9 Å². The maximum atomic E-state index is 13.6. The van der Waals surface area contributed by atoms with Gasteiger partial charge in [-0.25, -0.2) is 14.4 Å². The maximum Gasteiger partial charge on any atom is 0.340 e. The molecule has 244 valence electrons. The third-order valence-corrected chi connectivity index (χ3v) is 7.92. The Morgan fingerprint density at radius 2 is 1.48 bits per heavy atom. The van der Waals surface area contributed by atoms with Gasteiger partial charge in [0.25, 0.3) is 11.6 Å². The van der Waals surface area contributed by atoms with Crippen LogP contribution in [0, 0.1) is 0 Å². The number of aliphatic hydroxyl groups is 5. The van der Waals surface area contributed by atoms with Gasteiger partial charge in [-0.2, -0.15) is 0 Å². The van der Waals surface area contributed by atoms with Gasteiger partial charge in [0.1, 0.15) is 12.2 Å². The Hall–Kier alpha value is -5.18. The second-order valence-electron chi connectivity index (χ2n) is 10.6. The van der Waals surface area contributed by atoms with Gasteiger partial charge in [-0.05, 0) is 24.3 Å². The number of aromatic hydroxyl groups is 5. The van der Waals surface area contributed by atoms with Crippen molar-refractivity contribution in [2.24, 2.45) is 0 Å². The molecule has 0 amide bonds. The zero-order chi connectivity index (χ0) is 33.6. The smallest absolute Gasteiger partial charge is 0.340 e. The predicted octanol–water partition coefficient (Wildman–Crippen LogP) is -3.04. The molecule has 2 aromatic rings. The molecule has 1 fully saturated rings. The summed E-state index contributed by atoms with van der Waals surface area (Å²) in [4.78, 5) is 52.8. The molecule has 2 unspecified atom stereocenters. The van der Waals surface area contributed by atoms with Crippen molar-refractivity contribution in [3.8, 4) is 34.5 Å². The van der Waals surface area contributed by atoms with Gasteiger partial charge in [-0.3, -0.25) is 4.79 Å². The quantitative estimate of drug-likeness (QED) is 0.0683. The van der Waals surface area contributed by atoms with Crippen LogP contribution in [-0.4, -0.2) is 124 Å². The van der Waals surface area contributed by atoms with Gasteiger partial charge in [0.05, 0.1) is 29.2 Å². The van der Waals surface area contributed by atoms with E-state index in [4.69, 9.17) is 23.7 Å². The van der Waals surface area contributed by atoms with E-state index in [1.165, 1.54) is 0 Å². The van der Waals surface area contributed by atoms with Crippen molar-refractivity contribution in [1.82, 2.24) is 0 Å². The number of hydrogen-bond donors (Lipinski definition) is 10. The van der Waals surface area contributed by atoms with Crippen molar-refractivity contribution in [1.29, 1.82) is 0 Å². The van der Waals surface area contributed by atoms with Crippen LogP contribution in [0.4, 0.5) is 0 Å². The first-order valence-electron chi connectivity index (χ1n) is 13.0. The first-order valence-corrected chi connectivity index (χ1v) is 13.0. The Morgan fingerprint density at radius 3 is 2.11 bits per heavy atom. The average Bonchev–Trinajstić information content (AvgIpc) is 3.32. The molecule has 19 heteroatoms. The molecule has 46 heavy (non-hydrogen) atoms. The van der Waals surface area contributed by atoms with Crippen molar-refractivity contribution in [2.75, 3.05) is 6.61 Å². The Kier molecular flexibility index (Phi) is 6.82. The molecule has 3 heterocycles. The number of carbonyl (C=O) groups excluding carboxylic acids is 4. The molecule has 0 spiro atoms. The number of hydrogen-bond acceptors (Lipinski definition) is 19. The van der Waals surface area contributed by atoms with Crippen molar-refractivity contribution in [3.63, 3.8) is 0 Å². The second-order valence-corrected chi connectivity index (χ2v) is 10.6. The SMILES string of the molecule is O=C1O[C@H]2[C@H](O)[C@@H](OC(=O)c3cc(O)c(O)c4c3C3C1=CC(=O)C(O)(O)C3(O)O4)[C@@H](OC(=O)c1cc(O)c(O)c(O)c1)O[C@@H]2CO. The molecule has 10 N–H and O–H groups in total. The number of fused-ring (bicyclic) bond motifs is 2. The number of ether oxygens (including phenoxy) is 5. The summed E-state index contributed by atoms with van der Waals surface area (Å²) < 4.78 is 26.4. The maximum absolute atomic E-state index is 13.6. The first kappa shape index (κ1) is 30.8. The van der Waals surface area contributed by atoms with E-state index in [-0.39, 0.29) is 0 Å². The highest BCUT2D eigenvalue weighted by atomic mass is 16.7. The third-order valence-electron chi connectivity index (χ3n) is 7.92. The predicted molar refractivity (Wildman–Crippen MR) is 136 cm³/mol. The standard InChI is InChI=1S/C27H22O19/c28-5-12-19-18(35)21(25(42-12)45-22(36)6-1-9(29)16(33)10(30)2-6)44-23(37)7-3-11(31)17(34)20-14(7)15-8(24(38)43-19)4-13(32)26(39,40)27(15,41)46-20/h1-4,12,15,18-19,21,25,28-31,33-35,39-41H,5H2/t12-,15?,18+,19-,21-,25-,27?/m1/s1. The number of carbonyl (C=O) groups is 4. The van der Waals surface area contributed by atoms with E-state index in [1.807, 2.05) is 0 Å². The van der Waals surface area contributed by atoms with Crippen LogP contribution in [0.1, 0.15) is 32.2 Å². The normalized spacial score (nSPS) is 31.0. The van der Waals surface area contributed by atoms with Crippen LogP contribution in [0.2, 0.25) is 0 Å². The van der Waals surface area contributed by atoms with Gasteiger partial charge in [0.2, 0.25) is 17.8 Å². The van der Waals surface area contributed by atoms with E-state index in [0.717, 1.165) is 0 Å². The van der Waals surface area contributed by atoms with E-state index < -0.39 is 135 Å². The number of phenolic OH excluding ortho intramolecular Hbond substituents is 5. The van der Waals surface area contributed by atoms with Gasteiger partial charge in [-0.15, -0.1) is 0 Å². The first-order chi connectivity index (χ1) is 21.5. The van der Waals surface area contributed by atoms with E-state index >= 15 is 0 Å². The highest BCUT2D eigenvalue weighted by molar-refractivity contribution is 6.08. The molecular formula is C27H22O19. The highest BCUT2D eigenvalue weighted by Crippen LogP contribution is 2.59. The van der Waals surface area contributed by atoms with Crippen LogP contribution in [0.15, 0.2) is 29.8 Å². The molecule has 2 aromatic carbocycles. The molecule has 0 saturated carbocycles. The Labute approximate surface area is 253 Å². The lowest BCUT2D eigenvalue weighted by Crippen LogP contribution is -2.66. The van der Waals surface area contributed by atoms with Crippen LogP contribution >= 0.6 is 0 Å². The Bertz CT molecular complexity index is 1720. The number of ketones is 1. The molecule has 4 aliphatic rings. The summed E-state index contributed by atoms with van der Waals surface area (Å²) in [5, 5.41) is 104. The summed E-state index contributed by atoms with van der Waals surface area (Å²) in [5.41, 5.74) is -3.02. The third kappa shape index (κ3) is 4.21. The number of benzene rings is 2. The fraction of sp³-hybridized carbons (Fsp3) is 0.333. The molecule has 6 rings (SSSR count). The van der Waals surface area contributed by atoms with E-state index in [0.29, 0.717) is 24.3 Å². The highest BCUT2D eigenvalue weighted by Gasteiger charge is 2.70. The number of phenols is 5. The lowest BCUT2D eigenvalue weighted by molar-refractivity contribution is -0.323. The van der Waals surface area contributed by atoms with Crippen molar-refractivity contribution in [3.05, 3.63) is 46.5 Å². The van der Waals surface area contributed by atoms with Gasteiger partial charge in [0.15, 0.2) is 41.0 Å². The number of rotatable bonds is 3. The fourth-order valence-electron chi connectivity index (χ4n) is 5.62. The molecule has 3 aliphatic heterocycles. The minimum atomic E-state index is -3.81. The molecule has 0 radical (unpaired) electrons. The van der Waals surface area contributed by atoms with Crippen molar-refractivity contribution < 1.29 is 93.9 Å². The van der Waals surface area contributed by atoms with Crippen LogP contribution in [-0.2, 0) is 28.5 Å². The summed E-state index contributed by atoms with van der Waals surface area (Å²) >= 11 is 0. The Balaban J connectivity index is 1.48. The van der Waals surface area contributed by atoms with Crippen LogP contribution in [0.25, 0.3) is 0 Å². The molecule has 19 nitrogen and oxygen atoms in total. The lowest BCUT2D eigenvalue weighted by Gasteiger charge is -2.43. The minimum Gasteiger partial charge on any atom is -0.504 e. The average molecular weight is 650 g/mol. The zero-order valence-corrected chi connectivity index (χ0v) is 22.6. The zero-order valence-electron chi connectivity index (χ0n) is 22.6.